The molecule has 6 nitrogen and oxygen atoms in total. The molecule has 3 aromatic carbocycles. The van der Waals surface area contributed by atoms with Gasteiger partial charge in [0.2, 0.25) is 0 Å². The lowest BCUT2D eigenvalue weighted by Gasteiger charge is -2.07. The highest BCUT2D eigenvalue weighted by Crippen LogP contribution is 2.27. The van der Waals surface area contributed by atoms with Gasteiger partial charge in [-0.1, -0.05) is 48.6 Å². The van der Waals surface area contributed by atoms with E-state index in [2.05, 4.69) is 0 Å². The number of nitro groups is 1. The molecule has 0 spiro atoms. The van der Waals surface area contributed by atoms with Gasteiger partial charge in [0, 0.05) is 29.3 Å². The van der Waals surface area contributed by atoms with E-state index in [-0.39, 0.29) is 10.6 Å². The standard InChI is InChI=1S/C22H16N2O4S/c25-24(26)19-14-11-17(12-15-19)10-13-18-16-23(22-9-5-4-8-21(18)22)29(27,28)20-6-2-1-3-7-20/h1-16H. The number of rotatable bonds is 5. The number of benzene rings is 3. The quantitative estimate of drug-likeness (QED) is 0.348. The Bertz CT molecular complexity index is 1320. The highest BCUT2D eigenvalue weighted by molar-refractivity contribution is 7.90. The predicted octanol–water partition coefficient (Wildman–Crippen LogP) is 4.96. The topological polar surface area (TPSA) is 82.2 Å². The van der Waals surface area contributed by atoms with Crippen LogP contribution < -0.4 is 0 Å². The second-order valence-electron chi connectivity index (χ2n) is 6.40. The summed E-state index contributed by atoms with van der Waals surface area (Å²) in [6.07, 6.45) is 5.19. The zero-order valence-corrected chi connectivity index (χ0v) is 16.0. The van der Waals surface area contributed by atoms with Crippen LogP contribution in [0.3, 0.4) is 0 Å². The van der Waals surface area contributed by atoms with Crippen LogP contribution in [0.25, 0.3) is 23.1 Å². The molecule has 1 aromatic heterocycles. The Labute approximate surface area is 167 Å². The predicted molar refractivity (Wildman–Crippen MR) is 113 cm³/mol. The van der Waals surface area contributed by atoms with Crippen molar-refractivity contribution < 1.29 is 13.3 Å². The van der Waals surface area contributed by atoms with Gasteiger partial charge in [0.25, 0.3) is 15.7 Å². The third-order valence-electron chi connectivity index (χ3n) is 4.57. The number of para-hydroxylation sites is 1. The average Bonchev–Trinajstić information content (AvgIpc) is 3.13. The van der Waals surface area contributed by atoms with Crippen molar-refractivity contribution in [3.05, 3.63) is 106 Å². The molecule has 29 heavy (non-hydrogen) atoms. The van der Waals surface area contributed by atoms with E-state index in [1.165, 1.54) is 16.1 Å². The van der Waals surface area contributed by atoms with Crippen LogP contribution in [-0.2, 0) is 10.0 Å². The maximum Gasteiger partial charge on any atom is 0.269 e. The summed E-state index contributed by atoms with van der Waals surface area (Å²) in [6.45, 7) is 0. The summed E-state index contributed by atoms with van der Waals surface area (Å²) in [6, 6.07) is 21.7. The van der Waals surface area contributed by atoms with Gasteiger partial charge in [-0.05, 0) is 35.9 Å². The number of nitro benzene ring substituents is 1. The van der Waals surface area contributed by atoms with Crippen LogP contribution in [0.5, 0.6) is 0 Å². The molecule has 0 saturated carbocycles. The van der Waals surface area contributed by atoms with Crippen molar-refractivity contribution in [3.63, 3.8) is 0 Å². The third-order valence-corrected chi connectivity index (χ3v) is 6.26. The molecule has 0 amide bonds. The Morgan fingerprint density at radius 3 is 2.17 bits per heavy atom. The van der Waals surface area contributed by atoms with Crippen LogP contribution in [0.1, 0.15) is 11.1 Å². The zero-order chi connectivity index (χ0) is 20.4. The highest BCUT2D eigenvalue weighted by Gasteiger charge is 2.20. The van der Waals surface area contributed by atoms with E-state index < -0.39 is 14.9 Å². The fourth-order valence-corrected chi connectivity index (χ4v) is 4.50. The number of hydrogen-bond acceptors (Lipinski definition) is 4. The minimum absolute atomic E-state index is 0.0210. The lowest BCUT2D eigenvalue weighted by Crippen LogP contribution is -2.11. The molecule has 0 N–H and O–H groups in total. The monoisotopic (exact) mass is 404 g/mol. The van der Waals surface area contributed by atoms with Crippen molar-refractivity contribution in [3.8, 4) is 0 Å². The Hall–Kier alpha value is -3.71. The van der Waals surface area contributed by atoms with Crippen LogP contribution in [0.2, 0.25) is 0 Å². The smallest absolute Gasteiger partial charge is 0.258 e. The summed E-state index contributed by atoms with van der Waals surface area (Å²) in [5.74, 6) is 0. The largest absolute Gasteiger partial charge is 0.269 e. The van der Waals surface area contributed by atoms with Crippen molar-refractivity contribution in [2.45, 2.75) is 4.90 Å². The molecule has 0 fully saturated rings. The van der Waals surface area contributed by atoms with Gasteiger partial charge in [0.1, 0.15) is 0 Å². The average molecular weight is 404 g/mol. The Kier molecular flexibility index (Phi) is 4.74. The van der Waals surface area contributed by atoms with Gasteiger partial charge in [-0.3, -0.25) is 10.1 Å². The molecule has 0 unspecified atom stereocenters. The molecular weight excluding hydrogens is 388 g/mol. The SMILES string of the molecule is O=[N+]([O-])c1ccc(C=Cc2cn(S(=O)(=O)c3ccccc3)c3ccccc23)cc1. The number of nitrogens with zero attached hydrogens (tertiary/aromatic N) is 2. The molecule has 0 radical (unpaired) electrons. The second-order valence-corrected chi connectivity index (χ2v) is 8.21. The van der Waals surface area contributed by atoms with Gasteiger partial charge in [-0.15, -0.1) is 0 Å². The van der Waals surface area contributed by atoms with Crippen LogP contribution >= 0.6 is 0 Å². The molecule has 0 aliphatic carbocycles. The van der Waals surface area contributed by atoms with Gasteiger partial charge in [0.15, 0.2) is 0 Å². The first-order valence-corrected chi connectivity index (χ1v) is 10.2. The van der Waals surface area contributed by atoms with E-state index in [1.807, 2.05) is 12.1 Å². The molecule has 0 saturated heterocycles. The van der Waals surface area contributed by atoms with Crippen molar-refractivity contribution in [2.24, 2.45) is 0 Å². The molecule has 0 aliphatic rings. The van der Waals surface area contributed by atoms with Gasteiger partial charge >= 0.3 is 0 Å². The molecule has 7 heteroatoms. The summed E-state index contributed by atoms with van der Waals surface area (Å²) in [5, 5.41) is 11.6. The molecule has 4 rings (SSSR count). The van der Waals surface area contributed by atoms with Crippen LogP contribution in [0.15, 0.2) is 90.0 Å². The first-order valence-electron chi connectivity index (χ1n) is 8.80. The van der Waals surface area contributed by atoms with Crippen molar-refractivity contribution in [1.29, 1.82) is 0 Å². The summed E-state index contributed by atoms with van der Waals surface area (Å²) in [5.41, 5.74) is 2.12. The Balaban J connectivity index is 1.78. The van der Waals surface area contributed by atoms with Gasteiger partial charge in [-0.2, -0.15) is 0 Å². The van der Waals surface area contributed by atoms with Crippen LogP contribution in [0, 0.1) is 10.1 Å². The molecule has 4 aromatic rings. The van der Waals surface area contributed by atoms with Gasteiger partial charge in [-0.25, -0.2) is 12.4 Å². The number of aromatic nitrogens is 1. The Morgan fingerprint density at radius 1 is 0.828 bits per heavy atom. The molecule has 1 heterocycles. The summed E-state index contributed by atoms with van der Waals surface area (Å²) in [4.78, 5) is 10.5. The zero-order valence-electron chi connectivity index (χ0n) is 15.2. The maximum absolute atomic E-state index is 13.1. The fourth-order valence-electron chi connectivity index (χ4n) is 3.11. The van der Waals surface area contributed by atoms with E-state index in [0.717, 1.165) is 16.5 Å². The maximum atomic E-state index is 13.1. The second kappa shape index (κ2) is 7.37. The van der Waals surface area contributed by atoms with Gasteiger partial charge in [0.05, 0.1) is 15.3 Å². The van der Waals surface area contributed by atoms with Crippen LogP contribution in [0.4, 0.5) is 5.69 Å². The van der Waals surface area contributed by atoms with Crippen molar-refractivity contribution in [2.75, 3.05) is 0 Å². The van der Waals surface area contributed by atoms with E-state index in [9.17, 15) is 18.5 Å². The third kappa shape index (κ3) is 3.55. The Morgan fingerprint density at radius 2 is 1.48 bits per heavy atom. The lowest BCUT2D eigenvalue weighted by atomic mass is 10.1. The molecular formula is C22H16N2O4S. The summed E-state index contributed by atoms with van der Waals surface area (Å²) >= 11 is 0. The van der Waals surface area contributed by atoms with E-state index in [1.54, 1.807) is 72.9 Å². The van der Waals surface area contributed by atoms with E-state index in [4.69, 9.17) is 0 Å². The minimum Gasteiger partial charge on any atom is -0.258 e. The highest BCUT2D eigenvalue weighted by atomic mass is 32.2. The number of hydrogen-bond donors (Lipinski definition) is 0. The van der Waals surface area contributed by atoms with Crippen molar-refractivity contribution >= 4 is 38.8 Å². The molecule has 0 aliphatic heterocycles. The van der Waals surface area contributed by atoms with E-state index >= 15 is 0 Å². The molecule has 0 bridgehead atoms. The summed E-state index contributed by atoms with van der Waals surface area (Å²) < 4.78 is 27.5. The lowest BCUT2D eigenvalue weighted by molar-refractivity contribution is -0.384. The van der Waals surface area contributed by atoms with Gasteiger partial charge < -0.3 is 0 Å². The van der Waals surface area contributed by atoms with Crippen molar-refractivity contribution in [1.82, 2.24) is 3.97 Å². The summed E-state index contributed by atoms with van der Waals surface area (Å²) in [7, 11) is -3.74. The minimum atomic E-state index is -3.74. The fraction of sp³-hybridized carbons (Fsp3) is 0. The first kappa shape index (κ1) is 18.6. The molecule has 144 valence electrons. The molecule has 0 atom stereocenters. The normalized spacial score (nSPS) is 11.9. The van der Waals surface area contributed by atoms with Crippen LogP contribution in [-0.4, -0.2) is 17.3 Å². The number of non-ortho nitro benzene ring substituents is 1. The number of fused-ring (bicyclic) bond motifs is 1. The van der Waals surface area contributed by atoms with E-state index in [0.29, 0.717) is 5.52 Å². The first-order chi connectivity index (χ1) is 14.0.